The van der Waals surface area contributed by atoms with Crippen LogP contribution in [0.1, 0.15) is 23.2 Å². The summed E-state index contributed by atoms with van der Waals surface area (Å²) < 4.78 is 4.60. The van der Waals surface area contributed by atoms with Gasteiger partial charge >= 0.3 is 12.0 Å². The van der Waals surface area contributed by atoms with E-state index in [1.54, 1.807) is 18.0 Å². The molecule has 0 aromatic heterocycles. The van der Waals surface area contributed by atoms with Gasteiger partial charge in [0.1, 0.15) is 0 Å². The van der Waals surface area contributed by atoms with Crippen LogP contribution in [0.5, 0.6) is 0 Å². The van der Waals surface area contributed by atoms with Gasteiger partial charge < -0.3 is 20.3 Å². The van der Waals surface area contributed by atoms with Crippen molar-refractivity contribution in [3.63, 3.8) is 0 Å². The zero-order chi connectivity index (χ0) is 17.0. The maximum Gasteiger partial charge on any atom is 0.339 e. The van der Waals surface area contributed by atoms with Crippen molar-refractivity contribution in [2.24, 2.45) is 0 Å². The minimum Gasteiger partial charge on any atom is -0.465 e. The van der Waals surface area contributed by atoms with Crippen molar-refractivity contribution in [2.45, 2.75) is 18.9 Å². The molecular formula is C15H18ClN3O4. The third-order valence-electron chi connectivity index (χ3n) is 3.59. The number of esters is 1. The lowest BCUT2D eigenvalue weighted by atomic mass is 10.1. The Morgan fingerprint density at radius 3 is 2.74 bits per heavy atom. The van der Waals surface area contributed by atoms with Crippen LogP contribution < -0.4 is 10.6 Å². The lowest BCUT2D eigenvalue weighted by molar-refractivity contribution is -0.132. The molecule has 1 atom stereocenters. The van der Waals surface area contributed by atoms with E-state index in [0.29, 0.717) is 25.1 Å². The van der Waals surface area contributed by atoms with Gasteiger partial charge in [-0.1, -0.05) is 11.6 Å². The zero-order valence-electron chi connectivity index (χ0n) is 12.9. The fourth-order valence-electron chi connectivity index (χ4n) is 2.35. The number of piperidine rings is 1. The highest BCUT2D eigenvalue weighted by molar-refractivity contribution is 6.33. The third kappa shape index (κ3) is 4.35. The highest BCUT2D eigenvalue weighted by atomic mass is 35.5. The van der Waals surface area contributed by atoms with Gasteiger partial charge in [-0.2, -0.15) is 0 Å². The number of nitrogens with zero attached hydrogens (tertiary/aromatic N) is 1. The quantitative estimate of drug-likeness (QED) is 0.823. The Balaban J connectivity index is 1.94. The van der Waals surface area contributed by atoms with Gasteiger partial charge in [-0.05, 0) is 24.6 Å². The number of benzene rings is 1. The third-order valence-corrected chi connectivity index (χ3v) is 3.91. The molecule has 1 saturated heterocycles. The molecule has 0 radical (unpaired) electrons. The van der Waals surface area contributed by atoms with Gasteiger partial charge in [0.15, 0.2) is 0 Å². The highest BCUT2D eigenvalue weighted by Crippen LogP contribution is 2.21. The monoisotopic (exact) mass is 339 g/mol. The number of methoxy groups -OCH3 is 1. The lowest BCUT2D eigenvalue weighted by Crippen LogP contribution is -2.49. The molecule has 7 nitrogen and oxygen atoms in total. The average Bonchev–Trinajstić information content (AvgIpc) is 2.50. The van der Waals surface area contributed by atoms with E-state index in [1.165, 1.54) is 19.2 Å². The van der Waals surface area contributed by atoms with Crippen molar-refractivity contribution in [1.82, 2.24) is 10.2 Å². The molecule has 0 spiro atoms. The number of likely N-dealkylation sites (N-methyl/N-ethyl adjacent to an activating group) is 1. The molecule has 1 aliphatic rings. The number of rotatable bonds is 3. The molecule has 1 fully saturated rings. The number of carbonyl (C=O) groups is 3. The van der Waals surface area contributed by atoms with E-state index < -0.39 is 5.97 Å². The van der Waals surface area contributed by atoms with Crippen LogP contribution in [0, 0.1) is 0 Å². The van der Waals surface area contributed by atoms with Gasteiger partial charge in [0.25, 0.3) is 0 Å². The molecule has 1 aromatic rings. The second-order valence-corrected chi connectivity index (χ2v) is 5.70. The van der Waals surface area contributed by atoms with E-state index in [0.717, 1.165) is 0 Å². The maximum absolute atomic E-state index is 12.0. The fraction of sp³-hybridized carbons (Fsp3) is 0.400. The number of anilines is 1. The summed E-state index contributed by atoms with van der Waals surface area (Å²) in [5, 5.41) is 5.65. The molecule has 2 N–H and O–H groups in total. The van der Waals surface area contributed by atoms with Gasteiger partial charge in [0, 0.05) is 31.7 Å². The van der Waals surface area contributed by atoms with Gasteiger partial charge in [-0.3, -0.25) is 4.79 Å². The van der Waals surface area contributed by atoms with Crippen molar-refractivity contribution in [3.05, 3.63) is 28.8 Å². The van der Waals surface area contributed by atoms with Crippen LogP contribution in [0.15, 0.2) is 18.2 Å². The van der Waals surface area contributed by atoms with Crippen LogP contribution in [0.2, 0.25) is 5.02 Å². The molecule has 0 saturated carbocycles. The largest absolute Gasteiger partial charge is 0.465 e. The van der Waals surface area contributed by atoms with Crippen molar-refractivity contribution in [1.29, 1.82) is 0 Å². The fourth-order valence-corrected chi connectivity index (χ4v) is 2.61. The van der Waals surface area contributed by atoms with Crippen molar-refractivity contribution >= 4 is 35.2 Å². The minimum atomic E-state index is -0.541. The number of urea groups is 1. The number of amides is 3. The van der Waals surface area contributed by atoms with Crippen LogP contribution in [0.4, 0.5) is 10.5 Å². The van der Waals surface area contributed by atoms with Crippen molar-refractivity contribution in [2.75, 3.05) is 26.0 Å². The summed E-state index contributed by atoms with van der Waals surface area (Å²) in [6.07, 6.45) is 1.03. The molecule has 3 amide bonds. The van der Waals surface area contributed by atoms with Gasteiger partial charge in [-0.25, -0.2) is 9.59 Å². The molecule has 1 heterocycles. The first-order chi connectivity index (χ1) is 10.9. The Hall–Kier alpha value is -2.28. The van der Waals surface area contributed by atoms with Crippen molar-refractivity contribution in [3.8, 4) is 0 Å². The van der Waals surface area contributed by atoms with E-state index in [9.17, 15) is 14.4 Å². The summed E-state index contributed by atoms with van der Waals surface area (Å²) >= 11 is 6.00. The topological polar surface area (TPSA) is 87.7 Å². The highest BCUT2D eigenvalue weighted by Gasteiger charge is 2.24. The second-order valence-electron chi connectivity index (χ2n) is 5.29. The van der Waals surface area contributed by atoms with Gasteiger partial charge in [0.2, 0.25) is 5.91 Å². The summed E-state index contributed by atoms with van der Waals surface area (Å²) in [7, 11) is 2.98. The molecule has 0 aliphatic carbocycles. The van der Waals surface area contributed by atoms with Crippen molar-refractivity contribution < 1.29 is 19.1 Å². The average molecular weight is 340 g/mol. The molecule has 124 valence electrons. The number of hydrogen-bond acceptors (Lipinski definition) is 4. The summed E-state index contributed by atoms with van der Waals surface area (Å²) in [5.41, 5.74) is 0.688. The summed E-state index contributed by atoms with van der Waals surface area (Å²) in [5.74, 6) is -0.463. The molecule has 1 aromatic carbocycles. The number of nitrogens with one attached hydrogen (secondary N) is 2. The minimum absolute atomic E-state index is 0.0774. The summed E-state index contributed by atoms with van der Waals surface area (Å²) in [4.78, 5) is 36.4. The molecule has 0 bridgehead atoms. The second kappa shape index (κ2) is 7.32. The van der Waals surface area contributed by atoms with E-state index >= 15 is 0 Å². The van der Waals surface area contributed by atoms with Crippen LogP contribution in [0.3, 0.4) is 0 Å². The molecule has 2 rings (SSSR count). The number of carbonyl (C=O) groups excluding carboxylic acids is 3. The number of hydrogen-bond donors (Lipinski definition) is 2. The van der Waals surface area contributed by atoms with E-state index in [1.807, 2.05) is 0 Å². The van der Waals surface area contributed by atoms with E-state index in [-0.39, 0.29) is 28.6 Å². The summed E-state index contributed by atoms with van der Waals surface area (Å²) in [6, 6.07) is 4.04. The van der Waals surface area contributed by atoms with Crippen LogP contribution >= 0.6 is 11.6 Å². The Morgan fingerprint density at radius 2 is 2.13 bits per heavy atom. The predicted molar refractivity (Wildman–Crippen MR) is 85.6 cm³/mol. The Bertz CT molecular complexity index is 635. The standard InChI is InChI=1S/C15H18ClN3O4/c1-19-8-10(4-6-13(19)20)18-15(22)17-9-3-5-11(12(16)7-9)14(21)23-2/h3,5,7,10H,4,6,8H2,1-2H3,(H2,17,18,22)/t10-/m1/s1. The van der Waals surface area contributed by atoms with Crippen LogP contribution in [-0.4, -0.2) is 49.6 Å². The zero-order valence-corrected chi connectivity index (χ0v) is 13.6. The molecular weight excluding hydrogens is 322 g/mol. The number of likely N-dealkylation sites (tertiary alicyclic amines) is 1. The molecule has 0 unspecified atom stereocenters. The van der Waals surface area contributed by atoms with Crippen LogP contribution in [0.25, 0.3) is 0 Å². The number of halogens is 1. The van der Waals surface area contributed by atoms with Gasteiger partial charge in [0.05, 0.1) is 17.7 Å². The molecule has 8 heteroatoms. The predicted octanol–water partition coefficient (Wildman–Crippen LogP) is 1.87. The Morgan fingerprint density at radius 1 is 1.39 bits per heavy atom. The Kier molecular flexibility index (Phi) is 5.44. The molecule has 1 aliphatic heterocycles. The van der Waals surface area contributed by atoms with Gasteiger partial charge in [-0.15, -0.1) is 0 Å². The lowest BCUT2D eigenvalue weighted by Gasteiger charge is -2.30. The molecule has 23 heavy (non-hydrogen) atoms. The smallest absolute Gasteiger partial charge is 0.339 e. The SMILES string of the molecule is COC(=O)c1ccc(NC(=O)N[C@@H]2CCC(=O)N(C)C2)cc1Cl. The van der Waals surface area contributed by atoms with E-state index in [2.05, 4.69) is 15.4 Å². The number of ether oxygens (including phenoxy) is 1. The normalized spacial score (nSPS) is 17.6. The first-order valence-corrected chi connectivity index (χ1v) is 7.48. The first kappa shape index (κ1) is 17.1. The Labute approximate surface area is 138 Å². The van der Waals surface area contributed by atoms with Crippen LogP contribution in [-0.2, 0) is 9.53 Å². The van der Waals surface area contributed by atoms with E-state index in [4.69, 9.17) is 11.6 Å². The summed E-state index contributed by atoms with van der Waals surface area (Å²) in [6.45, 7) is 0.480. The first-order valence-electron chi connectivity index (χ1n) is 7.10. The maximum atomic E-state index is 12.0.